The number of hydrogen-bond donors (Lipinski definition) is 1. The van der Waals surface area contributed by atoms with Gasteiger partial charge >= 0.3 is 0 Å². The fourth-order valence-electron chi connectivity index (χ4n) is 2.37. The Morgan fingerprint density at radius 1 is 1.45 bits per heavy atom. The molecule has 2 rings (SSSR count). The van der Waals surface area contributed by atoms with Crippen LogP contribution in [0.4, 0.5) is 0 Å². The smallest absolute Gasteiger partial charge is 0.254 e. The lowest BCUT2D eigenvalue weighted by molar-refractivity contribution is 0.0743. The highest BCUT2D eigenvalue weighted by molar-refractivity contribution is 9.10. The Morgan fingerprint density at radius 2 is 2.20 bits per heavy atom. The topological polar surface area (TPSA) is 41.6 Å². The predicted molar refractivity (Wildman–Crippen MR) is 83.3 cm³/mol. The van der Waals surface area contributed by atoms with E-state index in [1.165, 1.54) is 0 Å². The van der Waals surface area contributed by atoms with Crippen molar-refractivity contribution in [3.63, 3.8) is 0 Å². The molecule has 1 aromatic rings. The quantitative estimate of drug-likeness (QED) is 0.916. The van der Waals surface area contributed by atoms with Crippen LogP contribution in [0.1, 0.15) is 30.6 Å². The van der Waals surface area contributed by atoms with Crippen molar-refractivity contribution < 1.29 is 9.53 Å². The molecule has 4 nitrogen and oxygen atoms in total. The van der Waals surface area contributed by atoms with Crippen molar-refractivity contribution in [3.8, 4) is 5.75 Å². The number of carbonyl (C=O) groups excluding carboxylic acids is 1. The van der Waals surface area contributed by atoms with E-state index in [2.05, 4.69) is 21.2 Å². The molecule has 1 amide bonds. The molecular weight excluding hydrogens is 320 g/mol. The summed E-state index contributed by atoms with van der Waals surface area (Å²) in [5, 5.41) is 3.28. The average molecular weight is 341 g/mol. The Kier molecular flexibility index (Phi) is 5.05. The summed E-state index contributed by atoms with van der Waals surface area (Å²) in [5.74, 6) is 0.754. The van der Waals surface area contributed by atoms with Crippen LogP contribution in [-0.4, -0.2) is 43.1 Å². The van der Waals surface area contributed by atoms with E-state index in [0.717, 1.165) is 29.7 Å². The van der Waals surface area contributed by atoms with Crippen molar-refractivity contribution >= 4 is 21.8 Å². The zero-order chi connectivity index (χ0) is 14.7. The summed E-state index contributed by atoms with van der Waals surface area (Å²) in [6.45, 7) is 5.78. The average Bonchev–Trinajstić information content (AvgIpc) is 2.89. The Labute approximate surface area is 128 Å². The monoisotopic (exact) mass is 340 g/mol. The second-order valence-electron chi connectivity index (χ2n) is 5.40. The van der Waals surface area contributed by atoms with Gasteiger partial charge < -0.3 is 15.0 Å². The van der Waals surface area contributed by atoms with Gasteiger partial charge in [0.2, 0.25) is 0 Å². The highest BCUT2D eigenvalue weighted by Gasteiger charge is 2.24. The first-order valence-corrected chi connectivity index (χ1v) is 7.72. The first-order valence-electron chi connectivity index (χ1n) is 6.92. The number of amides is 1. The number of likely N-dealkylation sites (N-methyl/N-ethyl adjacent to an activating group) is 1. The second kappa shape index (κ2) is 6.59. The number of rotatable bonds is 4. The van der Waals surface area contributed by atoms with Gasteiger partial charge in [-0.3, -0.25) is 4.79 Å². The standard InChI is InChI=1S/C15H21BrN2O2/c1-10(2)20-14-7-11(6-12(16)8-14)15(19)18(3)13-4-5-17-9-13/h6-8,10,13,17H,4-5,9H2,1-3H3. The molecule has 1 aliphatic heterocycles. The lowest BCUT2D eigenvalue weighted by atomic mass is 10.1. The summed E-state index contributed by atoms with van der Waals surface area (Å²) < 4.78 is 6.54. The lowest BCUT2D eigenvalue weighted by Gasteiger charge is -2.24. The Hall–Kier alpha value is -1.07. The Bertz CT molecular complexity index is 485. The minimum Gasteiger partial charge on any atom is -0.491 e. The van der Waals surface area contributed by atoms with Crippen LogP contribution in [0.15, 0.2) is 22.7 Å². The first kappa shape index (κ1) is 15.3. The van der Waals surface area contributed by atoms with Crippen LogP contribution >= 0.6 is 15.9 Å². The Morgan fingerprint density at radius 3 is 2.80 bits per heavy atom. The number of nitrogens with one attached hydrogen (secondary N) is 1. The van der Waals surface area contributed by atoms with Gasteiger partial charge in [0.1, 0.15) is 5.75 Å². The van der Waals surface area contributed by atoms with Crippen LogP contribution in [0.2, 0.25) is 0 Å². The Balaban J connectivity index is 2.18. The van der Waals surface area contributed by atoms with E-state index in [9.17, 15) is 4.79 Å². The van der Waals surface area contributed by atoms with Gasteiger partial charge in [0.05, 0.1) is 6.10 Å². The molecule has 20 heavy (non-hydrogen) atoms. The van der Waals surface area contributed by atoms with Gasteiger partial charge in [-0.15, -0.1) is 0 Å². The van der Waals surface area contributed by atoms with Gasteiger partial charge in [-0.25, -0.2) is 0 Å². The molecule has 1 aliphatic rings. The highest BCUT2D eigenvalue weighted by atomic mass is 79.9. The summed E-state index contributed by atoms with van der Waals surface area (Å²) in [6.07, 6.45) is 1.09. The molecule has 5 heteroatoms. The normalized spacial score (nSPS) is 18.4. The van der Waals surface area contributed by atoms with Crippen molar-refractivity contribution in [3.05, 3.63) is 28.2 Å². The van der Waals surface area contributed by atoms with Gasteiger partial charge in [0.15, 0.2) is 0 Å². The van der Waals surface area contributed by atoms with E-state index >= 15 is 0 Å². The van der Waals surface area contributed by atoms with Crippen molar-refractivity contribution in [2.75, 3.05) is 20.1 Å². The molecule has 1 atom stereocenters. The predicted octanol–water partition coefficient (Wildman–Crippen LogP) is 2.67. The molecule has 0 aliphatic carbocycles. The summed E-state index contributed by atoms with van der Waals surface area (Å²) >= 11 is 3.44. The maximum absolute atomic E-state index is 12.5. The van der Waals surface area contributed by atoms with Crippen LogP contribution in [0.5, 0.6) is 5.75 Å². The van der Waals surface area contributed by atoms with Crippen molar-refractivity contribution in [2.45, 2.75) is 32.4 Å². The van der Waals surface area contributed by atoms with Crippen molar-refractivity contribution in [2.24, 2.45) is 0 Å². The molecule has 0 aromatic heterocycles. The molecule has 1 N–H and O–H groups in total. The van der Waals surface area contributed by atoms with Crippen LogP contribution < -0.4 is 10.1 Å². The molecule has 0 spiro atoms. The minimum atomic E-state index is 0.0357. The van der Waals surface area contributed by atoms with E-state index < -0.39 is 0 Å². The van der Waals surface area contributed by atoms with E-state index in [1.807, 2.05) is 44.0 Å². The fourth-order valence-corrected chi connectivity index (χ4v) is 2.84. The number of nitrogens with zero attached hydrogens (tertiary/aromatic N) is 1. The van der Waals surface area contributed by atoms with E-state index in [4.69, 9.17) is 4.74 Å². The molecule has 1 heterocycles. The van der Waals surface area contributed by atoms with Crippen LogP contribution in [-0.2, 0) is 0 Å². The van der Waals surface area contributed by atoms with Crippen LogP contribution in [0.25, 0.3) is 0 Å². The molecule has 0 saturated carbocycles. The molecular formula is C15H21BrN2O2. The molecule has 0 radical (unpaired) electrons. The van der Waals surface area contributed by atoms with E-state index in [0.29, 0.717) is 5.56 Å². The number of ether oxygens (including phenoxy) is 1. The van der Waals surface area contributed by atoms with Gasteiger partial charge in [0, 0.05) is 29.7 Å². The van der Waals surface area contributed by atoms with Crippen molar-refractivity contribution in [1.82, 2.24) is 10.2 Å². The maximum Gasteiger partial charge on any atom is 0.254 e. The third-order valence-electron chi connectivity index (χ3n) is 3.39. The number of benzene rings is 1. The van der Waals surface area contributed by atoms with Gasteiger partial charge in [0.25, 0.3) is 5.91 Å². The maximum atomic E-state index is 12.5. The van der Waals surface area contributed by atoms with Gasteiger partial charge in [-0.05, 0) is 45.0 Å². The van der Waals surface area contributed by atoms with Crippen LogP contribution in [0, 0.1) is 0 Å². The number of carbonyl (C=O) groups is 1. The first-order chi connectivity index (χ1) is 9.47. The molecule has 1 fully saturated rings. The lowest BCUT2D eigenvalue weighted by Crippen LogP contribution is -2.38. The van der Waals surface area contributed by atoms with Crippen molar-refractivity contribution in [1.29, 1.82) is 0 Å². The molecule has 1 unspecified atom stereocenters. The van der Waals surface area contributed by atoms with Crippen LogP contribution in [0.3, 0.4) is 0 Å². The zero-order valence-electron chi connectivity index (χ0n) is 12.1. The number of halogens is 1. The summed E-state index contributed by atoms with van der Waals surface area (Å²) in [4.78, 5) is 14.4. The van der Waals surface area contributed by atoms with E-state index in [1.54, 1.807) is 0 Å². The SMILES string of the molecule is CC(C)Oc1cc(Br)cc(C(=O)N(C)C2CCNC2)c1. The summed E-state index contributed by atoms with van der Waals surface area (Å²) in [5.41, 5.74) is 0.657. The zero-order valence-corrected chi connectivity index (χ0v) is 13.7. The molecule has 0 bridgehead atoms. The largest absolute Gasteiger partial charge is 0.491 e. The second-order valence-corrected chi connectivity index (χ2v) is 6.32. The molecule has 1 saturated heterocycles. The summed E-state index contributed by atoms with van der Waals surface area (Å²) in [6, 6.07) is 5.81. The third-order valence-corrected chi connectivity index (χ3v) is 3.85. The number of hydrogen-bond acceptors (Lipinski definition) is 3. The van der Waals surface area contributed by atoms with Gasteiger partial charge in [-0.1, -0.05) is 15.9 Å². The van der Waals surface area contributed by atoms with E-state index in [-0.39, 0.29) is 18.1 Å². The fraction of sp³-hybridized carbons (Fsp3) is 0.533. The van der Waals surface area contributed by atoms with Gasteiger partial charge in [-0.2, -0.15) is 0 Å². The highest BCUT2D eigenvalue weighted by Crippen LogP contribution is 2.24. The molecule has 110 valence electrons. The third kappa shape index (κ3) is 3.73. The minimum absolute atomic E-state index is 0.0357. The molecule has 1 aromatic carbocycles. The summed E-state index contributed by atoms with van der Waals surface area (Å²) in [7, 11) is 1.86.